The highest BCUT2D eigenvalue weighted by Gasteiger charge is 2.17. The van der Waals surface area contributed by atoms with E-state index < -0.39 is 0 Å². The smallest absolute Gasteiger partial charge is 0.0408 e. The summed E-state index contributed by atoms with van der Waals surface area (Å²) in [4.78, 5) is 0. The predicted molar refractivity (Wildman–Crippen MR) is 54.1 cm³/mol. The van der Waals surface area contributed by atoms with Gasteiger partial charge in [0.25, 0.3) is 0 Å². The first-order chi connectivity index (χ1) is 5.25. The molecule has 1 aromatic rings. The molecule has 12 heavy (non-hydrogen) atoms. The van der Waals surface area contributed by atoms with Crippen molar-refractivity contribution < 1.29 is 0 Å². The Labute approximate surface area is 83.3 Å². The van der Waals surface area contributed by atoms with Crippen LogP contribution >= 0.6 is 24.0 Å². The maximum atomic E-state index is 5.83. The van der Waals surface area contributed by atoms with Gasteiger partial charge in [0.2, 0.25) is 0 Å². The number of hydrogen-bond donors (Lipinski definition) is 1. The van der Waals surface area contributed by atoms with E-state index in [2.05, 4.69) is 6.07 Å². The Morgan fingerprint density at radius 3 is 2.67 bits per heavy atom. The fraction of sp³-hybridized carbons (Fsp3) is 0.333. The Morgan fingerprint density at radius 1 is 1.25 bits per heavy atom. The minimum absolute atomic E-state index is 0. The van der Waals surface area contributed by atoms with Crippen LogP contribution < -0.4 is 5.73 Å². The summed E-state index contributed by atoms with van der Waals surface area (Å²) in [7, 11) is 0. The molecule has 1 atom stereocenters. The third kappa shape index (κ3) is 1.74. The lowest BCUT2D eigenvalue weighted by Crippen LogP contribution is -2.18. The van der Waals surface area contributed by atoms with Crippen molar-refractivity contribution in [3.8, 4) is 0 Å². The summed E-state index contributed by atoms with van der Waals surface area (Å²) >= 11 is 5.83. The van der Waals surface area contributed by atoms with Gasteiger partial charge in [0, 0.05) is 11.1 Å². The molecule has 0 saturated heterocycles. The second kappa shape index (κ2) is 3.65. The third-order valence-corrected chi connectivity index (χ3v) is 2.37. The van der Waals surface area contributed by atoms with Crippen LogP contribution in [0.15, 0.2) is 18.2 Å². The largest absolute Gasteiger partial charge is 0.327 e. The van der Waals surface area contributed by atoms with Crippen LogP contribution in [-0.2, 0) is 12.8 Å². The lowest BCUT2D eigenvalue weighted by molar-refractivity contribution is 0.721. The van der Waals surface area contributed by atoms with Crippen molar-refractivity contribution >= 4 is 24.0 Å². The standard InChI is InChI=1S/C9H10ClN.ClH/c10-8-2-1-6-4-9(11)5-7(6)3-8;/h1-3,9H,4-5,11H2;1H/t9-;/m0./s1. The molecule has 3 heteroatoms. The molecule has 1 aliphatic carbocycles. The molecular weight excluding hydrogens is 193 g/mol. The van der Waals surface area contributed by atoms with E-state index in [1.165, 1.54) is 11.1 Å². The fourth-order valence-corrected chi connectivity index (χ4v) is 1.82. The Balaban J connectivity index is 0.000000720. The molecule has 0 saturated carbocycles. The van der Waals surface area contributed by atoms with Gasteiger partial charge in [-0.25, -0.2) is 0 Å². The molecule has 1 aliphatic rings. The molecule has 0 unspecified atom stereocenters. The van der Waals surface area contributed by atoms with E-state index in [0.717, 1.165) is 17.9 Å². The zero-order chi connectivity index (χ0) is 7.84. The Bertz CT molecular complexity index is 286. The number of fused-ring (bicyclic) bond motifs is 1. The van der Waals surface area contributed by atoms with Gasteiger partial charge in [0.15, 0.2) is 0 Å². The van der Waals surface area contributed by atoms with Crippen molar-refractivity contribution in [3.05, 3.63) is 34.3 Å². The molecule has 0 amide bonds. The van der Waals surface area contributed by atoms with Crippen molar-refractivity contribution in [2.75, 3.05) is 0 Å². The number of nitrogens with two attached hydrogens (primary N) is 1. The second-order valence-electron chi connectivity index (χ2n) is 3.08. The van der Waals surface area contributed by atoms with Gasteiger partial charge in [-0.2, -0.15) is 0 Å². The molecule has 0 bridgehead atoms. The lowest BCUT2D eigenvalue weighted by Gasteiger charge is -1.96. The van der Waals surface area contributed by atoms with Crippen LogP contribution in [0.4, 0.5) is 0 Å². The summed E-state index contributed by atoms with van der Waals surface area (Å²) in [6.07, 6.45) is 1.99. The van der Waals surface area contributed by atoms with Crippen LogP contribution in [0.1, 0.15) is 11.1 Å². The van der Waals surface area contributed by atoms with E-state index >= 15 is 0 Å². The van der Waals surface area contributed by atoms with Crippen molar-refractivity contribution in [2.24, 2.45) is 5.73 Å². The van der Waals surface area contributed by atoms with Crippen LogP contribution in [0.5, 0.6) is 0 Å². The van der Waals surface area contributed by atoms with E-state index in [9.17, 15) is 0 Å². The van der Waals surface area contributed by atoms with Gasteiger partial charge < -0.3 is 5.73 Å². The first-order valence-corrected chi connectivity index (χ1v) is 4.16. The minimum Gasteiger partial charge on any atom is -0.327 e. The maximum absolute atomic E-state index is 5.83. The molecule has 2 N–H and O–H groups in total. The number of halogens is 2. The quantitative estimate of drug-likeness (QED) is 0.688. The summed E-state index contributed by atoms with van der Waals surface area (Å²) < 4.78 is 0. The van der Waals surface area contributed by atoms with Gasteiger partial charge in [-0.1, -0.05) is 17.7 Å². The minimum atomic E-state index is 0. The van der Waals surface area contributed by atoms with Crippen LogP contribution in [-0.4, -0.2) is 6.04 Å². The first-order valence-electron chi connectivity index (χ1n) is 3.78. The summed E-state index contributed by atoms with van der Waals surface area (Å²) in [5.74, 6) is 0. The van der Waals surface area contributed by atoms with Gasteiger partial charge in [-0.05, 0) is 36.1 Å². The molecule has 0 aliphatic heterocycles. The van der Waals surface area contributed by atoms with Crippen molar-refractivity contribution in [1.82, 2.24) is 0 Å². The van der Waals surface area contributed by atoms with E-state index in [1.807, 2.05) is 12.1 Å². The lowest BCUT2D eigenvalue weighted by atomic mass is 10.1. The van der Waals surface area contributed by atoms with Crippen molar-refractivity contribution in [1.29, 1.82) is 0 Å². The number of rotatable bonds is 0. The average Bonchev–Trinajstić information content (AvgIpc) is 2.27. The summed E-state index contributed by atoms with van der Waals surface area (Å²) in [5.41, 5.74) is 8.48. The summed E-state index contributed by atoms with van der Waals surface area (Å²) in [6.45, 7) is 0. The molecule has 0 fully saturated rings. The van der Waals surface area contributed by atoms with Gasteiger partial charge >= 0.3 is 0 Å². The van der Waals surface area contributed by atoms with Crippen LogP contribution in [0.3, 0.4) is 0 Å². The zero-order valence-electron chi connectivity index (χ0n) is 6.59. The van der Waals surface area contributed by atoms with Gasteiger partial charge in [-0.15, -0.1) is 12.4 Å². The molecule has 0 radical (unpaired) electrons. The molecule has 2 rings (SSSR count). The van der Waals surface area contributed by atoms with E-state index in [4.69, 9.17) is 17.3 Å². The highest BCUT2D eigenvalue weighted by atomic mass is 35.5. The number of hydrogen-bond acceptors (Lipinski definition) is 1. The van der Waals surface area contributed by atoms with Crippen molar-refractivity contribution in [2.45, 2.75) is 18.9 Å². The highest BCUT2D eigenvalue weighted by molar-refractivity contribution is 6.30. The van der Waals surface area contributed by atoms with E-state index in [1.54, 1.807) is 0 Å². The monoisotopic (exact) mass is 203 g/mol. The fourth-order valence-electron chi connectivity index (χ4n) is 1.62. The summed E-state index contributed by atoms with van der Waals surface area (Å²) in [5, 5.41) is 0.817. The van der Waals surface area contributed by atoms with Gasteiger partial charge in [-0.3, -0.25) is 0 Å². The van der Waals surface area contributed by atoms with Crippen LogP contribution in [0.25, 0.3) is 0 Å². The van der Waals surface area contributed by atoms with Gasteiger partial charge in [0.05, 0.1) is 0 Å². The Hall–Kier alpha value is -0.240. The van der Waals surface area contributed by atoms with E-state index in [-0.39, 0.29) is 12.4 Å². The molecule has 1 aromatic carbocycles. The first kappa shape index (κ1) is 9.85. The predicted octanol–water partition coefficient (Wildman–Crippen LogP) is 2.19. The topological polar surface area (TPSA) is 26.0 Å². The SMILES string of the molecule is Cl.N[C@H]1Cc2ccc(Cl)cc2C1. The van der Waals surface area contributed by atoms with Gasteiger partial charge in [0.1, 0.15) is 0 Å². The summed E-state index contributed by atoms with van der Waals surface area (Å²) in [6, 6.07) is 6.33. The van der Waals surface area contributed by atoms with E-state index in [0.29, 0.717) is 6.04 Å². The molecule has 0 heterocycles. The van der Waals surface area contributed by atoms with Crippen LogP contribution in [0.2, 0.25) is 5.02 Å². The average molecular weight is 204 g/mol. The normalized spacial score (nSPS) is 20.0. The van der Waals surface area contributed by atoms with Crippen molar-refractivity contribution in [3.63, 3.8) is 0 Å². The Kier molecular flexibility index (Phi) is 2.99. The zero-order valence-corrected chi connectivity index (χ0v) is 8.16. The number of benzene rings is 1. The third-order valence-electron chi connectivity index (χ3n) is 2.13. The molecule has 1 nitrogen and oxygen atoms in total. The highest BCUT2D eigenvalue weighted by Crippen LogP contribution is 2.24. The molecule has 66 valence electrons. The molecule has 0 aromatic heterocycles. The molecule has 0 spiro atoms. The second-order valence-corrected chi connectivity index (χ2v) is 3.52. The Morgan fingerprint density at radius 2 is 1.92 bits per heavy atom. The maximum Gasteiger partial charge on any atom is 0.0408 e. The molecular formula is C9H11Cl2N. The van der Waals surface area contributed by atoms with Crippen LogP contribution in [0, 0.1) is 0 Å².